The lowest BCUT2D eigenvalue weighted by molar-refractivity contribution is 0.0590. The van der Waals surface area contributed by atoms with Crippen LogP contribution in [0.1, 0.15) is 10.5 Å². The molecule has 112 valence electrons. The number of nitrogen functional groups attached to an aromatic ring is 1. The normalized spacial score (nSPS) is 10.6. The molecule has 2 aromatic heterocycles. The summed E-state index contributed by atoms with van der Waals surface area (Å²) in [4.78, 5) is 20.1. The van der Waals surface area contributed by atoms with E-state index < -0.39 is 5.97 Å². The summed E-state index contributed by atoms with van der Waals surface area (Å²) in [6, 6.07) is 5.09. The lowest BCUT2D eigenvalue weighted by Gasteiger charge is -2.10. The highest BCUT2D eigenvalue weighted by molar-refractivity contribution is 5.92. The summed E-state index contributed by atoms with van der Waals surface area (Å²) in [7, 11) is 2.61. The number of hydrogen-bond donors (Lipinski definition) is 1. The van der Waals surface area contributed by atoms with Crippen LogP contribution in [0.3, 0.4) is 0 Å². The minimum Gasteiger partial charge on any atom is -0.491 e. The van der Waals surface area contributed by atoms with E-state index in [1.54, 1.807) is 18.2 Å². The molecule has 0 spiro atoms. The smallest absolute Gasteiger partial charge is 0.360 e. The Hall–Kier alpha value is -3.23. The topological polar surface area (TPSA) is 126 Å². The molecule has 0 radical (unpaired) electrons. The summed E-state index contributed by atoms with van der Waals surface area (Å²) in [6.45, 7) is 0. The number of nitrogens with two attached hydrogens (primary N) is 1. The molecule has 22 heavy (non-hydrogen) atoms. The van der Waals surface area contributed by atoms with Gasteiger partial charge in [0.2, 0.25) is 0 Å². The number of methoxy groups -OCH3 is 2. The van der Waals surface area contributed by atoms with Crippen molar-refractivity contribution in [2.45, 2.75) is 0 Å². The van der Waals surface area contributed by atoms with Crippen LogP contribution >= 0.6 is 0 Å². The molecule has 0 saturated heterocycles. The maximum Gasteiger partial charge on any atom is 0.360 e. The van der Waals surface area contributed by atoms with Gasteiger partial charge >= 0.3 is 5.97 Å². The Labute approximate surface area is 124 Å². The van der Waals surface area contributed by atoms with Crippen molar-refractivity contribution >= 4 is 22.8 Å². The molecular weight excluding hydrogens is 290 g/mol. The van der Waals surface area contributed by atoms with Gasteiger partial charge < -0.3 is 15.2 Å². The number of carbonyl (C=O) groups is 1. The number of ether oxygens (including phenoxy) is 2. The summed E-state index contributed by atoms with van der Waals surface area (Å²) < 4.78 is 14.4. The maximum absolute atomic E-state index is 11.8. The third-order valence-corrected chi connectivity index (χ3v) is 2.99. The highest BCUT2D eigenvalue weighted by Gasteiger charge is 2.21. The summed E-state index contributed by atoms with van der Waals surface area (Å²) >= 11 is 0. The van der Waals surface area contributed by atoms with Crippen LogP contribution in [0.2, 0.25) is 0 Å². The fraction of sp³-hybridized carbons (Fsp3) is 0.154. The maximum atomic E-state index is 11.8. The van der Waals surface area contributed by atoms with Crippen LogP contribution in [-0.4, -0.2) is 40.5 Å². The average Bonchev–Trinajstić information content (AvgIpc) is 3.00. The van der Waals surface area contributed by atoms with Gasteiger partial charge in [-0.3, -0.25) is 0 Å². The molecule has 3 aromatic rings. The van der Waals surface area contributed by atoms with Gasteiger partial charge in [-0.2, -0.15) is 0 Å². The number of aromatic nitrogens is 4. The van der Waals surface area contributed by atoms with Crippen LogP contribution in [0.25, 0.3) is 22.4 Å². The molecule has 0 amide bonds. The van der Waals surface area contributed by atoms with Gasteiger partial charge in [-0.1, -0.05) is 0 Å². The van der Waals surface area contributed by atoms with Crippen molar-refractivity contribution in [2.75, 3.05) is 20.0 Å². The lowest BCUT2D eigenvalue weighted by Crippen LogP contribution is -2.11. The van der Waals surface area contributed by atoms with Crippen molar-refractivity contribution in [1.82, 2.24) is 20.3 Å². The van der Waals surface area contributed by atoms with Gasteiger partial charge in [-0.25, -0.2) is 19.4 Å². The number of anilines is 1. The summed E-state index contributed by atoms with van der Waals surface area (Å²) in [5, 5.41) is 7.46. The predicted molar refractivity (Wildman–Crippen MR) is 75.1 cm³/mol. The SMILES string of the molecule is COC(=O)c1nc(-c2ccc3nonc3c2)nc(N)c1OC. The van der Waals surface area contributed by atoms with Gasteiger partial charge in [-0.15, -0.1) is 0 Å². The Balaban J connectivity index is 2.17. The molecule has 0 aliphatic carbocycles. The predicted octanol–water partition coefficient (Wildman–Crippen LogP) is 1.06. The second-order valence-corrected chi connectivity index (χ2v) is 4.27. The Morgan fingerprint density at radius 3 is 2.68 bits per heavy atom. The van der Waals surface area contributed by atoms with Crippen molar-refractivity contribution in [2.24, 2.45) is 0 Å². The molecule has 0 fully saturated rings. The van der Waals surface area contributed by atoms with E-state index in [0.29, 0.717) is 16.6 Å². The monoisotopic (exact) mass is 301 g/mol. The van der Waals surface area contributed by atoms with Gasteiger partial charge in [0.05, 0.1) is 14.2 Å². The zero-order valence-corrected chi connectivity index (χ0v) is 11.7. The lowest BCUT2D eigenvalue weighted by atomic mass is 10.2. The molecule has 2 N–H and O–H groups in total. The standard InChI is InChI=1S/C13H11N5O4/c1-20-10-9(13(19)21-2)15-12(16-11(10)14)6-3-4-7-8(5-6)18-22-17-7/h3-5H,1-2H3,(H2,14,15,16). The molecule has 0 saturated carbocycles. The van der Waals surface area contributed by atoms with Crippen molar-refractivity contribution < 1.29 is 18.9 Å². The number of fused-ring (bicyclic) bond motifs is 1. The summed E-state index contributed by atoms with van der Waals surface area (Å²) in [5.74, 6) is -0.328. The largest absolute Gasteiger partial charge is 0.491 e. The van der Waals surface area contributed by atoms with E-state index in [4.69, 9.17) is 10.5 Å². The third-order valence-electron chi connectivity index (χ3n) is 2.99. The van der Waals surface area contributed by atoms with Crippen LogP contribution in [0, 0.1) is 0 Å². The zero-order chi connectivity index (χ0) is 15.7. The van der Waals surface area contributed by atoms with Crippen molar-refractivity contribution in [3.05, 3.63) is 23.9 Å². The first-order chi connectivity index (χ1) is 10.6. The van der Waals surface area contributed by atoms with Gasteiger partial charge in [0.1, 0.15) is 11.0 Å². The van der Waals surface area contributed by atoms with Gasteiger partial charge in [0.25, 0.3) is 0 Å². The van der Waals surface area contributed by atoms with Crippen LogP contribution in [-0.2, 0) is 4.74 Å². The van der Waals surface area contributed by atoms with Crippen LogP contribution in [0.5, 0.6) is 5.75 Å². The van der Waals surface area contributed by atoms with E-state index in [0.717, 1.165) is 0 Å². The Morgan fingerprint density at radius 2 is 1.95 bits per heavy atom. The zero-order valence-electron chi connectivity index (χ0n) is 11.7. The molecular formula is C13H11N5O4. The Morgan fingerprint density at radius 1 is 1.18 bits per heavy atom. The Kier molecular flexibility index (Phi) is 3.30. The van der Waals surface area contributed by atoms with E-state index in [-0.39, 0.29) is 23.1 Å². The van der Waals surface area contributed by atoms with E-state index in [1.807, 2.05) is 0 Å². The first-order valence-corrected chi connectivity index (χ1v) is 6.16. The molecule has 0 aliphatic heterocycles. The van der Waals surface area contributed by atoms with Crippen molar-refractivity contribution in [1.29, 1.82) is 0 Å². The second-order valence-electron chi connectivity index (χ2n) is 4.27. The summed E-state index contributed by atoms with van der Waals surface area (Å²) in [6.07, 6.45) is 0. The number of nitrogens with zero attached hydrogens (tertiary/aromatic N) is 4. The molecule has 9 heteroatoms. The van der Waals surface area contributed by atoms with E-state index in [1.165, 1.54) is 14.2 Å². The molecule has 0 aliphatic rings. The third kappa shape index (κ3) is 2.18. The highest BCUT2D eigenvalue weighted by Crippen LogP contribution is 2.28. The molecule has 0 atom stereocenters. The quantitative estimate of drug-likeness (QED) is 0.706. The number of benzene rings is 1. The first-order valence-electron chi connectivity index (χ1n) is 6.16. The molecule has 0 bridgehead atoms. The van der Waals surface area contributed by atoms with Crippen LogP contribution in [0.15, 0.2) is 22.8 Å². The van der Waals surface area contributed by atoms with E-state index in [2.05, 4.69) is 29.6 Å². The second kappa shape index (κ2) is 5.28. The average molecular weight is 301 g/mol. The molecule has 1 aromatic carbocycles. The fourth-order valence-corrected chi connectivity index (χ4v) is 1.95. The molecule has 9 nitrogen and oxygen atoms in total. The minimum absolute atomic E-state index is 0.0336. The van der Waals surface area contributed by atoms with E-state index in [9.17, 15) is 4.79 Å². The fourth-order valence-electron chi connectivity index (χ4n) is 1.95. The van der Waals surface area contributed by atoms with Gasteiger partial charge in [-0.05, 0) is 28.5 Å². The number of rotatable bonds is 3. The first kappa shape index (κ1) is 13.7. The van der Waals surface area contributed by atoms with Crippen molar-refractivity contribution in [3.8, 4) is 17.1 Å². The van der Waals surface area contributed by atoms with E-state index >= 15 is 0 Å². The van der Waals surface area contributed by atoms with Gasteiger partial charge in [0, 0.05) is 5.56 Å². The number of hydrogen-bond acceptors (Lipinski definition) is 9. The highest BCUT2D eigenvalue weighted by atomic mass is 16.6. The number of carbonyl (C=O) groups excluding carboxylic acids is 1. The Bertz CT molecular complexity index is 861. The van der Waals surface area contributed by atoms with Crippen molar-refractivity contribution in [3.63, 3.8) is 0 Å². The summed E-state index contributed by atoms with van der Waals surface area (Å²) in [5.41, 5.74) is 7.51. The minimum atomic E-state index is -0.670. The van der Waals surface area contributed by atoms with Crippen LogP contribution < -0.4 is 10.5 Å². The molecule has 3 rings (SSSR count). The number of esters is 1. The van der Waals surface area contributed by atoms with Gasteiger partial charge in [0.15, 0.2) is 23.1 Å². The molecule has 0 unspecified atom stereocenters. The van der Waals surface area contributed by atoms with Crippen LogP contribution in [0.4, 0.5) is 5.82 Å². The molecule has 2 heterocycles.